The van der Waals surface area contributed by atoms with Crippen molar-refractivity contribution in [2.75, 3.05) is 13.1 Å². The molecule has 1 aromatic heterocycles. The molecule has 0 atom stereocenters. The van der Waals surface area contributed by atoms with Gasteiger partial charge in [0.1, 0.15) is 5.69 Å². The highest BCUT2D eigenvalue weighted by Gasteiger charge is 2.36. The Morgan fingerprint density at radius 1 is 1.12 bits per heavy atom. The lowest BCUT2D eigenvalue weighted by Crippen LogP contribution is -2.38. The lowest BCUT2D eigenvalue weighted by atomic mass is 10.2. The van der Waals surface area contributed by atoms with Crippen molar-refractivity contribution in [3.8, 4) is 0 Å². The van der Waals surface area contributed by atoms with E-state index in [2.05, 4.69) is 9.71 Å². The van der Waals surface area contributed by atoms with Crippen LogP contribution in [0.2, 0.25) is 0 Å². The molecule has 7 nitrogen and oxygen atoms in total. The van der Waals surface area contributed by atoms with Gasteiger partial charge in [-0.25, -0.2) is 13.1 Å². The zero-order valence-corrected chi connectivity index (χ0v) is 14.6. The smallest absolute Gasteiger partial charge is 0.272 e. The fourth-order valence-electron chi connectivity index (χ4n) is 2.79. The van der Waals surface area contributed by atoms with Gasteiger partial charge in [0.05, 0.1) is 10.5 Å². The highest BCUT2D eigenvalue weighted by Crippen LogP contribution is 2.20. The number of pyridine rings is 1. The van der Waals surface area contributed by atoms with Crippen LogP contribution >= 0.6 is 0 Å². The molecular weight excluding hydrogens is 342 g/mol. The van der Waals surface area contributed by atoms with Crippen molar-refractivity contribution in [2.45, 2.75) is 18.7 Å². The van der Waals surface area contributed by atoms with Gasteiger partial charge in [0.2, 0.25) is 10.0 Å². The maximum absolute atomic E-state index is 12.4. The number of sulfonamides is 1. The third-order valence-electron chi connectivity index (χ3n) is 3.98. The molecule has 2 heterocycles. The highest BCUT2D eigenvalue weighted by molar-refractivity contribution is 7.89. The number of aromatic nitrogens is 1. The number of nitrogens with zero attached hydrogens (tertiary/aromatic N) is 2. The lowest BCUT2D eigenvalue weighted by Gasteiger charge is -2.15. The van der Waals surface area contributed by atoms with Gasteiger partial charge in [0.15, 0.2) is 0 Å². The van der Waals surface area contributed by atoms with E-state index in [0.717, 1.165) is 10.5 Å². The van der Waals surface area contributed by atoms with Crippen molar-refractivity contribution >= 4 is 21.8 Å². The van der Waals surface area contributed by atoms with Crippen molar-refractivity contribution < 1.29 is 18.0 Å². The van der Waals surface area contributed by atoms with Gasteiger partial charge in [-0.15, -0.1) is 0 Å². The van der Waals surface area contributed by atoms with Crippen molar-refractivity contribution in [3.05, 3.63) is 58.9 Å². The standard InChI is InChI=1S/C17H17N3O4S/c1-11-5-6-14(12(2)10-11)25(23,24)19-8-9-20-16(21)13-4-3-7-18-15(13)17(20)22/h3-7,10,19H,8-9H2,1-2H3. The Bertz CT molecular complexity index is 935. The third kappa shape index (κ3) is 3.18. The molecule has 0 radical (unpaired) electrons. The van der Waals surface area contributed by atoms with Gasteiger partial charge in [0.25, 0.3) is 11.8 Å². The number of aryl methyl sites for hydroxylation is 2. The minimum absolute atomic E-state index is 0.0574. The van der Waals surface area contributed by atoms with Crippen LogP contribution < -0.4 is 4.72 Å². The molecule has 1 N–H and O–H groups in total. The molecular formula is C17H17N3O4S. The number of fused-ring (bicyclic) bond motifs is 1. The number of amides is 2. The number of nitrogens with one attached hydrogen (secondary N) is 1. The zero-order valence-electron chi connectivity index (χ0n) is 13.8. The van der Waals surface area contributed by atoms with Crippen LogP contribution in [0.15, 0.2) is 41.4 Å². The van der Waals surface area contributed by atoms with Gasteiger partial charge >= 0.3 is 0 Å². The Labute approximate surface area is 145 Å². The zero-order chi connectivity index (χ0) is 18.2. The number of rotatable bonds is 5. The van der Waals surface area contributed by atoms with Crippen LogP contribution in [-0.2, 0) is 10.0 Å². The number of benzene rings is 1. The summed E-state index contributed by atoms with van der Waals surface area (Å²) in [6.45, 7) is 3.48. The first-order valence-electron chi connectivity index (χ1n) is 7.69. The molecule has 0 spiro atoms. The van der Waals surface area contributed by atoms with E-state index in [1.165, 1.54) is 12.3 Å². The molecule has 0 fully saturated rings. The molecule has 0 saturated carbocycles. The van der Waals surface area contributed by atoms with Crippen molar-refractivity contribution in [1.29, 1.82) is 0 Å². The topological polar surface area (TPSA) is 96.4 Å². The summed E-state index contributed by atoms with van der Waals surface area (Å²) in [6.07, 6.45) is 1.44. The SMILES string of the molecule is Cc1ccc(S(=O)(=O)NCCN2C(=O)c3cccnc3C2=O)c(C)c1. The summed E-state index contributed by atoms with van der Waals surface area (Å²) in [7, 11) is -3.72. The van der Waals surface area contributed by atoms with Crippen molar-refractivity contribution in [3.63, 3.8) is 0 Å². The second-order valence-corrected chi connectivity index (χ2v) is 7.56. The van der Waals surface area contributed by atoms with E-state index < -0.39 is 21.8 Å². The van der Waals surface area contributed by atoms with Crippen LogP contribution in [-0.4, -0.2) is 43.2 Å². The van der Waals surface area contributed by atoms with E-state index in [1.54, 1.807) is 31.2 Å². The first kappa shape index (κ1) is 17.2. The molecule has 1 aliphatic heterocycles. The average Bonchev–Trinajstić information content (AvgIpc) is 2.80. The minimum Gasteiger partial charge on any atom is -0.272 e. The van der Waals surface area contributed by atoms with E-state index in [1.807, 2.05) is 6.92 Å². The number of hydrogen-bond donors (Lipinski definition) is 1. The molecule has 2 aromatic rings. The maximum atomic E-state index is 12.4. The fraction of sp³-hybridized carbons (Fsp3) is 0.235. The molecule has 8 heteroatoms. The van der Waals surface area contributed by atoms with Gasteiger partial charge in [-0.05, 0) is 37.6 Å². The second kappa shape index (κ2) is 6.38. The third-order valence-corrected chi connectivity index (χ3v) is 5.60. The summed E-state index contributed by atoms with van der Waals surface area (Å²) in [5, 5.41) is 0. The summed E-state index contributed by atoms with van der Waals surface area (Å²) in [4.78, 5) is 29.5. The van der Waals surface area contributed by atoms with Crippen LogP contribution in [0.3, 0.4) is 0 Å². The predicted octanol–water partition coefficient (Wildman–Crippen LogP) is 1.27. The highest BCUT2D eigenvalue weighted by atomic mass is 32.2. The molecule has 0 aliphatic carbocycles. The van der Waals surface area contributed by atoms with E-state index in [0.29, 0.717) is 5.56 Å². The van der Waals surface area contributed by atoms with Crippen LogP contribution in [0.4, 0.5) is 0 Å². The van der Waals surface area contributed by atoms with Gasteiger partial charge in [-0.2, -0.15) is 0 Å². The van der Waals surface area contributed by atoms with Gasteiger partial charge < -0.3 is 0 Å². The van der Waals surface area contributed by atoms with Crippen molar-refractivity contribution in [1.82, 2.24) is 14.6 Å². The van der Waals surface area contributed by atoms with Crippen LogP contribution in [0.1, 0.15) is 32.0 Å². The Morgan fingerprint density at radius 3 is 2.56 bits per heavy atom. The molecule has 0 unspecified atom stereocenters. The summed E-state index contributed by atoms with van der Waals surface area (Å²) >= 11 is 0. The predicted molar refractivity (Wildman–Crippen MR) is 90.7 cm³/mol. The van der Waals surface area contributed by atoms with Crippen molar-refractivity contribution in [2.24, 2.45) is 0 Å². The Morgan fingerprint density at radius 2 is 1.88 bits per heavy atom. The van der Waals surface area contributed by atoms with Crippen LogP contribution in [0, 0.1) is 13.8 Å². The average molecular weight is 359 g/mol. The Hall–Kier alpha value is -2.58. The number of hydrogen-bond acceptors (Lipinski definition) is 5. The molecule has 2 amide bonds. The Balaban J connectivity index is 1.69. The fourth-order valence-corrected chi connectivity index (χ4v) is 4.03. The molecule has 0 saturated heterocycles. The molecule has 130 valence electrons. The van der Waals surface area contributed by atoms with E-state index >= 15 is 0 Å². The van der Waals surface area contributed by atoms with E-state index in [4.69, 9.17) is 0 Å². The number of imide groups is 1. The lowest BCUT2D eigenvalue weighted by molar-refractivity contribution is 0.0655. The summed E-state index contributed by atoms with van der Waals surface area (Å²) < 4.78 is 27.3. The van der Waals surface area contributed by atoms with E-state index in [-0.39, 0.29) is 29.2 Å². The second-order valence-electron chi connectivity index (χ2n) is 5.83. The molecule has 1 aromatic carbocycles. The van der Waals surface area contributed by atoms with Gasteiger partial charge in [0, 0.05) is 19.3 Å². The molecule has 3 rings (SSSR count). The quantitative estimate of drug-likeness (QED) is 0.811. The van der Waals surface area contributed by atoms with Crippen LogP contribution in [0.5, 0.6) is 0 Å². The minimum atomic E-state index is -3.72. The monoisotopic (exact) mass is 359 g/mol. The Kier molecular flexibility index (Phi) is 4.40. The molecule has 1 aliphatic rings. The van der Waals surface area contributed by atoms with Gasteiger partial charge in [-0.1, -0.05) is 17.7 Å². The maximum Gasteiger partial charge on any atom is 0.280 e. The summed E-state index contributed by atoms with van der Waals surface area (Å²) in [6, 6.07) is 8.15. The summed E-state index contributed by atoms with van der Waals surface area (Å²) in [5.41, 5.74) is 1.95. The van der Waals surface area contributed by atoms with E-state index in [9.17, 15) is 18.0 Å². The first-order chi connectivity index (χ1) is 11.8. The number of carbonyl (C=O) groups is 2. The molecule has 25 heavy (non-hydrogen) atoms. The first-order valence-corrected chi connectivity index (χ1v) is 9.18. The largest absolute Gasteiger partial charge is 0.280 e. The summed E-state index contributed by atoms with van der Waals surface area (Å²) in [5.74, 6) is -0.967. The normalized spacial score (nSPS) is 14.1. The number of carbonyl (C=O) groups excluding carboxylic acids is 2. The van der Waals surface area contributed by atoms with Gasteiger partial charge in [-0.3, -0.25) is 19.5 Å². The molecule has 0 bridgehead atoms. The van der Waals surface area contributed by atoms with Crippen LogP contribution in [0.25, 0.3) is 0 Å².